The van der Waals surface area contributed by atoms with Crippen LogP contribution in [0.3, 0.4) is 0 Å². The van der Waals surface area contributed by atoms with Gasteiger partial charge in [0.05, 0.1) is 0 Å². The van der Waals surface area contributed by atoms with Crippen LogP contribution in [-0.2, 0) is 6.42 Å². The SMILES string of the molecule is CCN1CCN(CCc2ccc(I)cc2)CC1. The summed E-state index contributed by atoms with van der Waals surface area (Å²) in [6, 6.07) is 8.91. The van der Waals surface area contributed by atoms with E-state index < -0.39 is 0 Å². The van der Waals surface area contributed by atoms with E-state index in [1.165, 1.54) is 54.8 Å². The van der Waals surface area contributed by atoms with Crippen LogP contribution in [0.1, 0.15) is 12.5 Å². The van der Waals surface area contributed by atoms with Crippen molar-refractivity contribution in [3.05, 3.63) is 33.4 Å². The van der Waals surface area contributed by atoms with Gasteiger partial charge in [0.25, 0.3) is 0 Å². The Morgan fingerprint density at radius 3 is 2.18 bits per heavy atom. The van der Waals surface area contributed by atoms with Gasteiger partial charge in [-0.2, -0.15) is 0 Å². The summed E-state index contributed by atoms with van der Waals surface area (Å²) in [5.74, 6) is 0. The third-order valence-corrected chi connectivity index (χ3v) is 4.26. The predicted octanol–water partition coefficient (Wildman–Crippen LogP) is 2.47. The monoisotopic (exact) mass is 344 g/mol. The summed E-state index contributed by atoms with van der Waals surface area (Å²) < 4.78 is 1.32. The van der Waals surface area contributed by atoms with Gasteiger partial charge in [-0.15, -0.1) is 0 Å². The number of rotatable bonds is 4. The summed E-state index contributed by atoms with van der Waals surface area (Å²) >= 11 is 2.36. The van der Waals surface area contributed by atoms with Crippen molar-refractivity contribution < 1.29 is 0 Å². The number of hydrogen-bond acceptors (Lipinski definition) is 2. The average molecular weight is 344 g/mol. The highest BCUT2D eigenvalue weighted by Gasteiger charge is 2.14. The van der Waals surface area contributed by atoms with Crippen molar-refractivity contribution in [1.82, 2.24) is 9.80 Å². The largest absolute Gasteiger partial charge is 0.301 e. The molecule has 2 rings (SSSR count). The zero-order valence-corrected chi connectivity index (χ0v) is 12.7. The van der Waals surface area contributed by atoms with E-state index >= 15 is 0 Å². The quantitative estimate of drug-likeness (QED) is 0.775. The number of hydrogen-bond donors (Lipinski definition) is 0. The van der Waals surface area contributed by atoms with Crippen molar-refractivity contribution in [2.24, 2.45) is 0 Å². The molecule has 1 heterocycles. The van der Waals surface area contributed by atoms with Crippen molar-refractivity contribution >= 4 is 22.6 Å². The molecule has 17 heavy (non-hydrogen) atoms. The average Bonchev–Trinajstić information content (AvgIpc) is 2.39. The first-order valence-electron chi connectivity index (χ1n) is 6.47. The normalized spacial score (nSPS) is 18.5. The van der Waals surface area contributed by atoms with E-state index in [2.05, 4.69) is 63.6 Å². The zero-order chi connectivity index (χ0) is 12.1. The lowest BCUT2D eigenvalue weighted by Crippen LogP contribution is -2.46. The zero-order valence-electron chi connectivity index (χ0n) is 10.5. The molecule has 1 aromatic rings. The minimum absolute atomic E-state index is 1.18. The number of piperazine rings is 1. The molecule has 0 atom stereocenters. The van der Waals surface area contributed by atoms with E-state index in [-0.39, 0.29) is 0 Å². The summed E-state index contributed by atoms with van der Waals surface area (Å²) in [5, 5.41) is 0. The molecular weight excluding hydrogens is 323 g/mol. The molecule has 94 valence electrons. The fourth-order valence-electron chi connectivity index (χ4n) is 2.27. The standard InChI is InChI=1S/C14H21IN2/c1-2-16-9-11-17(12-10-16)8-7-13-3-5-14(15)6-4-13/h3-6H,2,7-12H2,1H3. The van der Waals surface area contributed by atoms with Gasteiger partial charge in [0.2, 0.25) is 0 Å². The molecule has 1 aliphatic rings. The summed E-state index contributed by atoms with van der Waals surface area (Å²) in [6.45, 7) is 9.60. The minimum Gasteiger partial charge on any atom is -0.301 e. The second-order valence-corrected chi connectivity index (χ2v) is 5.90. The predicted molar refractivity (Wildman–Crippen MR) is 81.4 cm³/mol. The highest BCUT2D eigenvalue weighted by Crippen LogP contribution is 2.09. The third kappa shape index (κ3) is 4.23. The summed E-state index contributed by atoms with van der Waals surface area (Å²) in [4.78, 5) is 5.12. The Morgan fingerprint density at radius 1 is 1.00 bits per heavy atom. The highest BCUT2D eigenvalue weighted by molar-refractivity contribution is 14.1. The lowest BCUT2D eigenvalue weighted by atomic mass is 10.1. The molecule has 2 nitrogen and oxygen atoms in total. The van der Waals surface area contributed by atoms with Gasteiger partial charge in [-0.25, -0.2) is 0 Å². The molecule has 1 fully saturated rings. The van der Waals surface area contributed by atoms with E-state index in [0.29, 0.717) is 0 Å². The smallest absolute Gasteiger partial charge is 0.0130 e. The maximum atomic E-state index is 2.59. The Kier molecular flexibility index (Phi) is 5.25. The molecule has 3 heteroatoms. The van der Waals surface area contributed by atoms with E-state index in [4.69, 9.17) is 0 Å². The van der Waals surface area contributed by atoms with Crippen molar-refractivity contribution in [1.29, 1.82) is 0 Å². The maximum absolute atomic E-state index is 2.59. The van der Waals surface area contributed by atoms with Crippen LogP contribution in [0.4, 0.5) is 0 Å². The van der Waals surface area contributed by atoms with Gasteiger partial charge in [0.1, 0.15) is 0 Å². The molecular formula is C14H21IN2. The Balaban J connectivity index is 1.74. The number of halogens is 1. The molecule has 0 aliphatic carbocycles. The topological polar surface area (TPSA) is 6.48 Å². The van der Waals surface area contributed by atoms with Gasteiger partial charge in [-0.3, -0.25) is 0 Å². The molecule has 0 spiro atoms. The highest BCUT2D eigenvalue weighted by atomic mass is 127. The number of likely N-dealkylation sites (N-methyl/N-ethyl adjacent to an activating group) is 1. The Labute approximate surface area is 118 Å². The summed E-state index contributed by atoms with van der Waals surface area (Å²) in [5.41, 5.74) is 1.46. The van der Waals surface area contributed by atoms with Gasteiger partial charge in [-0.05, 0) is 53.3 Å². The van der Waals surface area contributed by atoms with Crippen LogP contribution in [0.2, 0.25) is 0 Å². The second-order valence-electron chi connectivity index (χ2n) is 4.65. The van der Waals surface area contributed by atoms with Crippen LogP contribution >= 0.6 is 22.6 Å². The molecule has 1 aromatic carbocycles. The van der Waals surface area contributed by atoms with E-state index in [1.807, 2.05) is 0 Å². The van der Waals surface area contributed by atoms with Crippen LogP contribution in [0, 0.1) is 3.57 Å². The van der Waals surface area contributed by atoms with Gasteiger partial charge < -0.3 is 9.80 Å². The van der Waals surface area contributed by atoms with Gasteiger partial charge in [-0.1, -0.05) is 19.1 Å². The van der Waals surface area contributed by atoms with Crippen molar-refractivity contribution in [3.63, 3.8) is 0 Å². The van der Waals surface area contributed by atoms with Crippen LogP contribution in [0.15, 0.2) is 24.3 Å². The lowest BCUT2D eigenvalue weighted by molar-refractivity contribution is 0.138. The first-order valence-corrected chi connectivity index (χ1v) is 7.55. The van der Waals surface area contributed by atoms with Gasteiger partial charge in [0.15, 0.2) is 0 Å². The first kappa shape index (κ1) is 13.3. The second kappa shape index (κ2) is 6.71. The number of nitrogens with zero attached hydrogens (tertiary/aromatic N) is 2. The fraction of sp³-hybridized carbons (Fsp3) is 0.571. The third-order valence-electron chi connectivity index (χ3n) is 3.54. The molecule has 0 bridgehead atoms. The molecule has 1 aliphatic heterocycles. The van der Waals surface area contributed by atoms with Crippen molar-refractivity contribution in [2.45, 2.75) is 13.3 Å². The summed E-state index contributed by atoms with van der Waals surface area (Å²) in [7, 11) is 0. The Hall–Kier alpha value is -0.130. The maximum Gasteiger partial charge on any atom is 0.0130 e. The molecule has 0 N–H and O–H groups in total. The molecule has 0 aromatic heterocycles. The fourth-order valence-corrected chi connectivity index (χ4v) is 2.63. The molecule has 0 saturated carbocycles. The minimum atomic E-state index is 1.18. The van der Waals surface area contributed by atoms with E-state index in [0.717, 1.165) is 0 Å². The van der Waals surface area contributed by atoms with Gasteiger partial charge >= 0.3 is 0 Å². The Morgan fingerprint density at radius 2 is 1.59 bits per heavy atom. The van der Waals surface area contributed by atoms with Crippen LogP contribution in [-0.4, -0.2) is 49.1 Å². The number of benzene rings is 1. The molecule has 0 unspecified atom stereocenters. The summed E-state index contributed by atoms with van der Waals surface area (Å²) in [6.07, 6.45) is 1.18. The van der Waals surface area contributed by atoms with Crippen LogP contribution < -0.4 is 0 Å². The Bertz CT molecular complexity index is 329. The van der Waals surface area contributed by atoms with Gasteiger partial charge in [0, 0.05) is 36.3 Å². The van der Waals surface area contributed by atoms with E-state index in [1.54, 1.807) is 0 Å². The van der Waals surface area contributed by atoms with Crippen molar-refractivity contribution in [2.75, 3.05) is 39.3 Å². The lowest BCUT2D eigenvalue weighted by Gasteiger charge is -2.34. The van der Waals surface area contributed by atoms with Crippen LogP contribution in [0.5, 0.6) is 0 Å². The molecule has 1 saturated heterocycles. The van der Waals surface area contributed by atoms with Crippen LogP contribution in [0.25, 0.3) is 0 Å². The van der Waals surface area contributed by atoms with Crippen molar-refractivity contribution in [3.8, 4) is 0 Å². The molecule has 0 amide bonds. The van der Waals surface area contributed by atoms with E-state index in [9.17, 15) is 0 Å². The first-order chi connectivity index (χ1) is 8.28. The molecule has 0 radical (unpaired) electrons.